The van der Waals surface area contributed by atoms with Crippen LogP contribution in [0.4, 0.5) is 15.8 Å². The molecule has 2 atom stereocenters. The van der Waals surface area contributed by atoms with Crippen molar-refractivity contribution in [3.05, 3.63) is 101 Å². The molecule has 1 N–H and O–H groups in total. The van der Waals surface area contributed by atoms with Gasteiger partial charge in [0.15, 0.2) is 5.78 Å². The number of anilines is 2. The maximum atomic E-state index is 14.0. The minimum atomic E-state index is -0.644. The number of benzene rings is 3. The fourth-order valence-electron chi connectivity index (χ4n) is 4.84. The Morgan fingerprint density at radius 3 is 2.41 bits per heavy atom. The van der Waals surface area contributed by atoms with Gasteiger partial charge in [-0.05, 0) is 66.4 Å². The third-order valence-electron chi connectivity index (χ3n) is 6.43. The number of nitrogens with zero attached hydrogens (tertiary/aromatic N) is 1. The molecule has 5 rings (SSSR count). The Morgan fingerprint density at radius 1 is 1.00 bits per heavy atom. The average Bonchev–Trinajstić information content (AvgIpc) is 2.98. The van der Waals surface area contributed by atoms with Crippen molar-refractivity contribution in [1.82, 2.24) is 0 Å². The van der Waals surface area contributed by atoms with Gasteiger partial charge in [0.25, 0.3) is 5.91 Å². The molecule has 0 aromatic heterocycles. The number of halogens is 1. The standard InChI is InChI=1S/C28H25FN2O3/c1-17-15-23-26(25(32)16-17)27(18-9-13-21(34-2)14-10-18)31(24-6-4-3-5-22(24)30-23)28(33)19-7-11-20(29)12-8-19/h3-14,17,27,30H,15-16H2,1-2H3/t17-,27+/m1/s1. The Labute approximate surface area is 197 Å². The summed E-state index contributed by atoms with van der Waals surface area (Å²) in [7, 11) is 1.60. The van der Waals surface area contributed by atoms with Crippen molar-refractivity contribution in [3.63, 3.8) is 0 Å². The van der Waals surface area contributed by atoms with Gasteiger partial charge in [0, 0.05) is 23.3 Å². The number of methoxy groups -OCH3 is 1. The van der Waals surface area contributed by atoms with Gasteiger partial charge >= 0.3 is 0 Å². The number of carbonyl (C=O) groups is 2. The van der Waals surface area contributed by atoms with E-state index in [1.165, 1.54) is 24.3 Å². The molecule has 34 heavy (non-hydrogen) atoms. The van der Waals surface area contributed by atoms with E-state index in [9.17, 15) is 14.0 Å². The zero-order chi connectivity index (χ0) is 23.8. The number of amides is 1. The molecule has 0 saturated heterocycles. The third-order valence-corrected chi connectivity index (χ3v) is 6.43. The number of rotatable bonds is 3. The second-order valence-electron chi connectivity index (χ2n) is 8.83. The predicted molar refractivity (Wildman–Crippen MR) is 129 cm³/mol. The molecule has 2 aliphatic rings. The normalized spacial score (nSPS) is 19.6. The lowest BCUT2D eigenvalue weighted by Crippen LogP contribution is -2.38. The molecule has 3 aromatic carbocycles. The predicted octanol–water partition coefficient (Wildman–Crippen LogP) is 5.90. The van der Waals surface area contributed by atoms with Gasteiger partial charge in [-0.15, -0.1) is 0 Å². The molecule has 1 amide bonds. The van der Waals surface area contributed by atoms with Crippen LogP contribution in [0.5, 0.6) is 5.75 Å². The molecule has 5 nitrogen and oxygen atoms in total. The highest BCUT2D eigenvalue weighted by molar-refractivity contribution is 6.11. The third kappa shape index (κ3) is 3.85. The van der Waals surface area contributed by atoms with E-state index < -0.39 is 11.9 Å². The van der Waals surface area contributed by atoms with Crippen LogP contribution in [0, 0.1) is 11.7 Å². The maximum absolute atomic E-state index is 14.0. The van der Waals surface area contributed by atoms with E-state index in [-0.39, 0.29) is 17.6 Å². The molecule has 6 heteroatoms. The molecule has 172 valence electrons. The number of hydrogen-bond donors (Lipinski definition) is 1. The minimum Gasteiger partial charge on any atom is -0.497 e. The average molecular weight is 457 g/mol. The number of allylic oxidation sites excluding steroid dienone is 1. The van der Waals surface area contributed by atoms with Crippen LogP contribution < -0.4 is 15.0 Å². The summed E-state index contributed by atoms with van der Waals surface area (Å²) >= 11 is 0. The van der Waals surface area contributed by atoms with Crippen LogP contribution in [0.1, 0.15) is 41.7 Å². The van der Waals surface area contributed by atoms with Gasteiger partial charge in [-0.25, -0.2) is 4.39 Å². The summed E-state index contributed by atoms with van der Waals surface area (Å²) in [5.41, 5.74) is 3.98. The van der Waals surface area contributed by atoms with Gasteiger partial charge < -0.3 is 10.1 Å². The monoisotopic (exact) mass is 456 g/mol. The van der Waals surface area contributed by atoms with Crippen molar-refractivity contribution in [3.8, 4) is 5.75 Å². The molecule has 0 radical (unpaired) electrons. The first-order chi connectivity index (χ1) is 16.5. The van der Waals surface area contributed by atoms with Crippen LogP contribution in [-0.4, -0.2) is 18.8 Å². The first-order valence-corrected chi connectivity index (χ1v) is 11.3. The smallest absolute Gasteiger partial charge is 0.259 e. The van der Waals surface area contributed by atoms with E-state index in [0.29, 0.717) is 35.4 Å². The quantitative estimate of drug-likeness (QED) is 0.533. The lowest BCUT2D eigenvalue weighted by Gasteiger charge is -2.34. The van der Waals surface area contributed by atoms with Gasteiger partial charge in [-0.1, -0.05) is 31.2 Å². The van der Waals surface area contributed by atoms with Crippen LogP contribution in [-0.2, 0) is 4.79 Å². The largest absolute Gasteiger partial charge is 0.497 e. The summed E-state index contributed by atoms with van der Waals surface area (Å²) < 4.78 is 18.9. The van der Waals surface area contributed by atoms with E-state index in [1.807, 2.05) is 48.5 Å². The van der Waals surface area contributed by atoms with Crippen molar-refractivity contribution in [1.29, 1.82) is 0 Å². The number of para-hydroxylation sites is 2. The lowest BCUT2D eigenvalue weighted by molar-refractivity contribution is -0.117. The Hall–Kier alpha value is -3.93. The van der Waals surface area contributed by atoms with E-state index in [4.69, 9.17) is 4.74 Å². The van der Waals surface area contributed by atoms with Gasteiger partial charge in [0.05, 0.1) is 24.5 Å². The fraction of sp³-hybridized carbons (Fsp3) is 0.214. The van der Waals surface area contributed by atoms with Gasteiger partial charge in [0.2, 0.25) is 0 Å². The van der Waals surface area contributed by atoms with Crippen LogP contribution in [0.25, 0.3) is 0 Å². The van der Waals surface area contributed by atoms with Crippen molar-refractivity contribution in [2.75, 3.05) is 17.3 Å². The summed E-state index contributed by atoms with van der Waals surface area (Å²) in [6.45, 7) is 2.06. The molecule has 0 saturated carbocycles. The second-order valence-corrected chi connectivity index (χ2v) is 8.83. The summed E-state index contributed by atoms with van der Waals surface area (Å²) in [4.78, 5) is 29.1. The minimum absolute atomic E-state index is 0.0202. The van der Waals surface area contributed by atoms with Crippen LogP contribution in [0.2, 0.25) is 0 Å². The summed E-state index contributed by atoms with van der Waals surface area (Å²) in [5.74, 6) is 0.177. The number of ketones is 1. The molecule has 3 aromatic rings. The summed E-state index contributed by atoms with van der Waals surface area (Å²) in [5, 5.41) is 3.47. The second kappa shape index (κ2) is 8.78. The molecule has 0 fully saturated rings. The fourth-order valence-corrected chi connectivity index (χ4v) is 4.84. The van der Waals surface area contributed by atoms with Crippen LogP contribution in [0.15, 0.2) is 84.1 Å². The van der Waals surface area contributed by atoms with Crippen LogP contribution >= 0.6 is 0 Å². The molecule has 1 aliphatic carbocycles. The summed E-state index contributed by atoms with van der Waals surface area (Å²) in [6.07, 6.45) is 1.13. The maximum Gasteiger partial charge on any atom is 0.259 e. The first kappa shape index (κ1) is 21.9. The Bertz CT molecular complexity index is 1280. The van der Waals surface area contributed by atoms with Crippen molar-refractivity contribution >= 4 is 23.1 Å². The molecular formula is C28H25FN2O3. The van der Waals surface area contributed by atoms with Crippen molar-refractivity contribution in [2.45, 2.75) is 25.8 Å². The number of Topliss-reactive ketones (excluding diaryl/α,β-unsaturated/α-hetero) is 1. The number of nitrogens with one attached hydrogen (secondary N) is 1. The van der Waals surface area contributed by atoms with E-state index in [1.54, 1.807) is 12.0 Å². The SMILES string of the molecule is COc1ccc([C@H]2C3=C(C[C@@H](C)CC3=O)Nc3ccccc3N2C(=O)c2ccc(F)cc2)cc1. The zero-order valence-corrected chi connectivity index (χ0v) is 19.0. The van der Waals surface area contributed by atoms with Gasteiger partial charge in [-0.2, -0.15) is 0 Å². The Kier molecular flexibility index (Phi) is 5.65. The topological polar surface area (TPSA) is 58.6 Å². The molecule has 0 spiro atoms. The number of carbonyl (C=O) groups excluding carboxylic acids is 2. The highest BCUT2D eigenvalue weighted by Gasteiger charge is 2.40. The molecule has 1 heterocycles. The van der Waals surface area contributed by atoms with Gasteiger partial charge in [0.1, 0.15) is 11.6 Å². The van der Waals surface area contributed by atoms with E-state index >= 15 is 0 Å². The highest BCUT2D eigenvalue weighted by Crippen LogP contribution is 2.46. The van der Waals surface area contributed by atoms with E-state index in [0.717, 1.165) is 16.9 Å². The van der Waals surface area contributed by atoms with Crippen LogP contribution in [0.3, 0.4) is 0 Å². The zero-order valence-electron chi connectivity index (χ0n) is 19.0. The van der Waals surface area contributed by atoms with Crippen molar-refractivity contribution < 1.29 is 18.7 Å². The van der Waals surface area contributed by atoms with E-state index in [2.05, 4.69) is 12.2 Å². The first-order valence-electron chi connectivity index (χ1n) is 11.3. The molecule has 1 aliphatic heterocycles. The lowest BCUT2D eigenvalue weighted by atomic mass is 9.81. The molecular weight excluding hydrogens is 431 g/mol. The number of hydrogen-bond acceptors (Lipinski definition) is 4. The Balaban J connectivity index is 1.76. The van der Waals surface area contributed by atoms with Crippen molar-refractivity contribution in [2.24, 2.45) is 5.92 Å². The molecule has 0 unspecified atom stereocenters. The number of ether oxygens (including phenoxy) is 1. The Morgan fingerprint density at radius 2 is 1.71 bits per heavy atom. The number of fused-ring (bicyclic) bond motifs is 1. The summed E-state index contributed by atoms with van der Waals surface area (Å²) in [6, 6.07) is 19.8. The molecule has 0 bridgehead atoms. The highest BCUT2D eigenvalue weighted by atomic mass is 19.1. The van der Waals surface area contributed by atoms with Gasteiger partial charge in [-0.3, -0.25) is 14.5 Å².